The molecule has 0 aliphatic heterocycles. The second-order valence-corrected chi connectivity index (χ2v) is 19.1. The maximum absolute atomic E-state index is 14.0. The molecule has 0 N–H and O–H groups in total. The standard InChI is InChI=1S/C66H41F2N5S/c67-49-24-14-44(15-25-49)47-22-37-62-58(40-47)59-41-48(45-16-26-50(68)27-17-45)23-38-63(59)73(62)53-30-20-46(21-31-53)55-36-39-64(66-65(55)69-74-70-66)71(51-28-18-43(19-29-51)42-8-2-1-3-9-42)52-32-34-54(35-33-52)72-60-12-6-4-10-56(60)57-11-5-7-13-61(57)72/h1-41H. The van der Waals surface area contributed by atoms with Crippen LogP contribution in [0, 0.1) is 11.6 Å². The molecule has 3 aromatic heterocycles. The molecule has 0 radical (unpaired) electrons. The van der Waals surface area contributed by atoms with Crippen molar-refractivity contribution in [1.82, 2.24) is 17.9 Å². The van der Waals surface area contributed by atoms with Gasteiger partial charge in [0.05, 0.1) is 39.5 Å². The Morgan fingerprint density at radius 2 is 0.730 bits per heavy atom. The van der Waals surface area contributed by atoms with Crippen molar-refractivity contribution in [2.75, 3.05) is 4.90 Å². The van der Waals surface area contributed by atoms with Gasteiger partial charge in [0.15, 0.2) is 0 Å². The molecule has 0 atom stereocenters. The van der Waals surface area contributed by atoms with Crippen molar-refractivity contribution < 1.29 is 8.78 Å². The number of benzene rings is 11. The summed E-state index contributed by atoms with van der Waals surface area (Å²) >= 11 is 1.22. The van der Waals surface area contributed by atoms with E-state index < -0.39 is 0 Å². The van der Waals surface area contributed by atoms with Crippen molar-refractivity contribution in [2.24, 2.45) is 0 Å². The molecule has 14 aromatic rings. The predicted octanol–water partition coefficient (Wildman–Crippen LogP) is 18.3. The lowest BCUT2D eigenvalue weighted by atomic mass is 10.0. The van der Waals surface area contributed by atoms with Crippen molar-refractivity contribution in [3.63, 3.8) is 0 Å². The topological polar surface area (TPSA) is 38.9 Å². The number of nitrogens with zero attached hydrogens (tertiary/aromatic N) is 5. The van der Waals surface area contributed by atoms with Gasteiger partial charge < -0.3 is 14.0 Å². The molecule has 0 unspecified atom stereocenters. The van der Waals surface area contributed by atoms with Crippen LogP contribution in [0.15, 0.2) is 249 Å². The van der Waals surface area contributed by atoms with Gasteiger partial charge in [-0.05, 0) is 160 Å². The van der Waals surface area contributed by atoms with Crippen LogP contribution in [-0.4, -0.2) is 17.9 Å². The largest absolute Gasteiger partial charge is 0.309 e. The molecule has 74 heavy (non-hydrogen) atoms. The fraction of sp³-hybridized carbons (Fsp3) is 0. The van der Waals surface area contributed by atoms with Crippen LogP contribution < -0.4 is 4.90 Å². The zero-order chi connectivity index (χ0) is 49.3. The zero-order valence-electron chi connectivity index (χ0n) is 39.6. The lowest BCUT2D eigenvalue weighted by Gasteiger charge is -2.26. The number of aromatic nitrogens is 4. The monoisotopic (exact) mass is 973 g/mol. The van der Waals surface area contributed by atoms with Gasteiger partial charge in [0.2, 0.25) is 0 Å². The molecule has 3 heterocycles. The van der Waals surface area contributed by atoms with Crippen molar-refractivity contribution >= 4 is 83.4 Å². The first-order chi connectivity index (χ1) is 36.5. The van der Waals surface area contributed by atoms with Gasteiger partial charge in [-0.2, -0.15) is 8.75 Å². The Morgan fingerprint density at radius 1 is 0.324 bits per heavy atom. The van der Waals surface area contributed by atoms with Crippen LogP contribution in [0.5, 0.6) is 0 Å². The number of para-hydroxylation sites is 2. The number of halogens is 2. The molecule has 0 aliphatic carbocycles. The quantitative estimate of drug-likeness (QED) is 0.145. The van der Waals surface area contributed by atoms with E-state index in [0.29, 0.717) is 0 Å². The number of hydrogen-bond donors (Lipinski definition) is 0. The molecule has 0 amide bonds. The SMILES string of the molecule is Fc1ccc(-c2ccc3c(c2)c2cc(-c4ccc(F)cc4)ccc2n3-c2ccc(-c3ccc(N(c4ccc(-c5ccccc5)cc4)c4ccc(-n5c6ccccc6c6ccccc65)cc4)c4nsnc34)cc2)cc1. The summed E-state index contributed by atoms with van der Waals surface area (Å²) in [6.07, 6.45) is 0. The number of rotatable bonds is 9. The van der Waals surface area contributed by atoms with Crippen molar-refractivity contribution in [2.45, 2.75) is 0 Å². The molecule has 8 heteroatoms. The number of anilines is 3. The Morgan fingerprint density at radius 3 is 1.28 bits per heavy atom. The highest BCUT2D eigenvalue weighted by Gasteiger charge is 2.22. The molecule has 0 spiro atoms. The normalized spacial score (nSPS) is 11.6. The van der Waals surface area contributed by atoms with E-state index in [4.69, 9.17) is 8.75 Å². The molecule has 350 valence electrons. The van der Waals surface area contributed by atoms with E-state index in [1.807, 2.05) is 30.3 Å². The Kier molecular flexibility index (Phi) is 10.3. The molecule has 0 aliphatic rings. The molecule has 14 rings (SSSR count). The van der Waals surface area contributed by atoms with Gasteiger partial charge >= 0.3 is 0 Å². The minimum Gasteiger partial charge on any atom is -0.309 e. The van der Waals surface area contributed by atoms with E-state index in [1.54, 1.807) is 0 Å². The van der Waals surface area contributed by atoms with Gasteiger partial charge in [-0.1, -0.05) is 127 Å². The molecule has 11 aromatic carbocycles. The van der Waals surface area contributed by atoms with Crippen LogP contribution in [0.3, 0.4) is 0 Å². The molecule has 5 nitrogen and oxygen atoms in total. The molecule has 0 saturated heterocycles. The molecular weight excluding hydrogens is 933 g/mol. The average Bonchev–Trinajstić information content (AvgIpc) is 4.20. The first kappa shape index (κ1) is 43.3. The summed E-state index contributed by atoms with van der Waals surface area (Å²) < 4.78 is 42.6. The Balaban J connectivity index is 0.861. The fourth-order valence-electron chi connectivity index (χ4n) is 10.8. The zero-order valence-corrected chi connectivity index (χ0v) is 40.4. The van der Waals surface area contributed by atoms with Crippen LogP contribution in [0.25, 0.3) is 111 Å². The van der Waals surface area contributed by atoms with Crippen molar-refractivity contribution in [3.05, 3.63) is 260 Å². The lowest BCUT2D eigenvalue weighted by Crippen LogP contribution is -2.11. The molecule has 0 bridgehead atoms. The maximum atomic E-state index is 14.0. The maximum Gasteiger partial charge on any atom is 0.129 e. The predicted molar refractivity (Wildman–Crippen MR) is 302 cm³/mol. The van der Waals surface area contributed by atoms with Gasteiger partial charge in [-0.15, -0.1) is 0 Å². The van der Waals surface area contributed by atoms with Crippen molar-refractivity contribution in [1.29, 1.82) is 0 Å². The van der Waals surface area contributed by atoms with E-state index >= 15 is 0 Å². The highest BCUT2D eigenvalue weighted by molar-refractivity contribution is 7.00. The third kappa shape index (κ3) is 7.34. The van der Waals surface area contributed by atoms with Crippen LogP contribution in [0.2, 0.25) is 0 Å². The van der Waals surface area contributed by atoms with Crippen LogP contribution in [0.4, 0.5) is 25.8 Å². The second-order valence-electron chi connectivity index (χ2n) is 18.6. The van der Waals surface area contributed by atoms with Crippen LogP contribution in [0.1, 0.15) is 0 Å². The summed E-state index contributed by atoms with van der Waals surface area (Å²) in [5, 5.41) is 4.56. The van der Waals surface area contributed by atoms with Gasteiger partial charge in [-0.25, -0.2) is 8.78 Å². The first-order valence-corrected chi connectivity index (χ1v) is 25.2. The Hall–Kier alpha value is -9.50. The Bertz CT molecular complexity index is 4250. The van der Waals surface area contributed by atoms with E-state index in [2.05, 4.69) is 208 Å². The van der Waals surface area contributed by atoms with Gasteiger partial charge in [0.25, 0.3) is 0 Å². The van der Waals surface area contributed by atoms with Crippen LogP contribution >= 0.6 is 11.7 Å². The minimum atomic E-state index is -0.272. The highest BCUT2D eigenvalue weighted by atomic mass is 32.1. The smallest absolute Gasteiger partial charge is 0.129 e. The summed E-state index contributed by atoms with van der Waals surface area (Å²) in [4.78, 5) is 2.28. The van der Waals surface area contributed by atoms with Gasteiger partial charge in [0.1, 0.15) is 22.7 Å². The third-order valence-corrected chi connectivity index (χ3v) is 14.9. The lowest BCUT2D eigenvalue weighted by molar-refractivity contribution is 0.627. The minimum absolute atomic E-state index is 0.272. The second kappa shape index (κ2) is 17.7. The van der Waals surface area contributed by atoms with Gasteiger partial charge in [-0.3, -0.25) is 0 Å². The van der Waals surface area contributed by atoms with Gasteiger partial charge in [0, 0.05) is 49.9 Å². The van der Waals surface area contributed by atoms with E-state index in [0.717, 1.165) is 117 Å². The van der Waals surface area contributed by atoms with E-state index in [9.17, 15) is 8.78 Å². The third-order valence-electron chi connectivity index (χ3n) is 14.4. The average molecular weight is 974 g/mol. The first-order valence-electron chi connectivity index (χ1n) is 24.5. The van der Waals surface area contributed by atoms with E-state index in [1.165, 1.54) is 46.8 Å². The summed E-state index contributed by atoms with van der Waals surface area (Å²) in [6.45, 7) is 0. The van der Waals surface area contributed by atoms with Crippen LogP contribution in [-0.2, 0) is 0 Å². The summed E-state index contributed by atoms with van der Waals surface area (Å²) in [6, 6.07) is 84.2. The molecule has 0 fully saturated rings. The molecule has 0 saturated carbocycles. The molecular formula is C66H41F2N5S. The summed E-state index contributed by atoms with van der Waals surface area (Å²) in [7, 11) is 0. The fourth-order valence-corrected chi connectivity index (χ4v) is 11.4. The van der Waals surface area contributed by atoms with E-state index in [-0.39, 0.29) is 11.6 Å². The Labute approximate surface area is 429 Å². The summed E-state index contributed by atoms with van der Waals surface area (Å²) in [5.41, 5.74) is 19.2. The summed E-state index contributed by atoms with van der Waals surface area (Å²) in [5.74, 6) is -0.544. The number of fused-ring (bicyclic) bond motifs is 7. The van der Waals surface area contributed by atoms with Crippen molar-refractivity contribution in [3.8, 4) is 55.9 Å². The number of hydrogen-bond acceptors (Lipinski definition) is 4. The highest BCUT2D eigenvalue weighted by Crippen LogP contribution is 2.44.